The zero-order valence-electron chi connectivity index (χ0n) is 12.5. The molecule has 112 valence electrons. The quantitative estimate of drug-likeness (QED) is 0.881. The van der Waals surface area contributed by atoms with E-state index in [1.807, 2.05) is 18.2 Å². The van der Waals surface area contributed by atoms with Gasteiger partial charge >= 0.3 is 0 Å². The van der Waals surface area contributed by atoms with Crippen LogP contribution in [0.15, 0.2) is 18.2 Å². The number of nitrogens with zero attached hydrogens (tertiary/aromatic N) is 3. The van der Waals surface area contributed by atoms with E-state index in [4.69, 9.17) is 10.00 Å². The Kier molecular flexibility index (Phi) is 4.39. The summed E-state index contributed by atoms with van der Waals surface area (Å²) in [5.41, 5.74) is 1.81. The standard InChI is InChI=1S/C16H22N4O/c1-21-16-3-2-13(9-17)8-14(16)10-19-11-15(12-19)20-6-4-18-5-7-20/h2-3,8,15,18H,4-7,10-12H2,1H3. The van der Waals surface area contributed by atoms with Gasteiger partial charge in [-0.1, -0.05) is 0 Å². The van der Waals surface area contributed by atoms with Gasteiger partial charge < -0.3 is 10.1 Å². The molecule has 0 radical (unpaired) electrons. The zero-order valence-corrected chi connectivity index (χ0v) is 12.5. The Morgan fingerprint density at radius 2 is 2.10 bits per heavy atom. The van der Waals surface area contributed by atoms with Crippen LogP contribution in [0, 0.1) is 11.3 Å². The Morgan fingerprint density at radius 3 is 2.76 bits per heavy atom. The molecule has 0 spiro atoms. The molecule has 0 amide bonds. The van der Waals surface area contributed by atoms with Crippen LogP contribution in [-0.4, -0.2) is 62.2 Å². The highest BCUT2D eigenvalue weighted by molar-refractivity contribution is 5.42. The molecule has 2 saturated heterocycles. The molecule has 3 rings (SSSR count). The summed E-state index contributed by atoms with van der Waals surface area (Å²) in [5, 5.41) is 12.4. The number of piperazine rings is 1. The van der Waals surface area contributed by atoms with Crippen LogP contribution in [0.3, 0.4) is 0 Å². The summed E-state index contributed by atoms with van der Waals surface area (Å²) in [5.74, 6) is 0.875. The Balaban J connectivity index is 1.57. The van der Waals surface area contributed by atoms with Crippen molar-refractivity contribution in [1.82, 2.24) is 15.1 Å². The molecule has 0 bridgehead atoms. The lowest BCUT2D eigenvalue weighted by Gasteiger charge is -2.47. The van der Waals surface area contributed by atoms with E-state index in [2.05, 4.69) is 21.2 Å². The molecule has 1 aromatic carbocycles. The fraction of sp³-hybridized carbons (Fsp3) is 0.562. The van der Waals surface area contributed by atoms with E-state index in [1.165, 1.54) is 0 Å². The average molecular weight is 286 g/mol. The lowest BCUT2D eigenvalue weighted by molar-refractivity contribution is 0.0219. The van der Waals surface area contributed by atoms with Crippen molar-refractivity contribution < 1.29 is 4.74 Å². The fourth-order valence-corrected chi connectivity index (χ4v) is 3.16. The molecule has 21 heavy (non-hydrogen) atoms. The lowest BCUT2D eigenvalue weighted by atomic mass is 10.0. The van der Waals surface area contributed by atoms with E-state index in [9.17, 15) is 0 Å². The van der Waals surface area contributed by atoms with Crippen LogP contribution in [0.4, 0.5) is 0 Å². The van der Waals surface area contributed by atoms with Gasteiger partial charge in [-0.3, -0.25) is 9.80 Å². The van der Waals surface area contributed by atoms with Crippen LogP contribution in [0.2, 0.25) is 0 Å². The zero-order chi connectivity index (χ0) is 14.7. The van der Waals surface area contributed by atoms with Gasteiger partial charge in [-0.05, 0) is 18.2 Å². The summed E-state index contributed by atoms with van der Waals surface area (Å²) >= 11 is 0. The molecular weight excluding hydrogens is 264 g/mol. The third-order valence-electron chi connectivity index (χ3n) is 4.41. The minimum atomic E-state index is 0.692. The highest BCUT2D eigenvalue weighted by Crippen LogP contribution is 2.25. The van der Waals surface area contributed by atoms with Crippen LogP contribution in [0.5, 0.6) is 5.75 Å². The highest BCUT2D eigenvalue weighted by Gasteiger charge is 2.32. The summed E-state index contributed by atoms with van der Waals surface area (Å²) in [6.45, 7) is 7.61. The average Bonchev–Trinajstić information content (AvgIpc) is 2.51. The van der Waals surface area contributed by atoms with E-state index < -0.39 is 0 Å². The second-order valence-electron chi connectivity index (χ2n) is 5.77. The van der Waals surface area contributed by atoms with Crippen molar-refractivity contribution >= 4 is 0 Å². The molecule has 5 heteroatoms. The summed E-state index contributed by atoms with van der Waals surface area (Å²) < 4.78 is 5.40. The van der Waals surface area contributed by atoms with Gasteiger partial charge in [0.05, 0.1) is 18.7 Å². The van der Waals surface area contributed by atoms with Gasteiger partial charge in [0.15, 0.2) is 0 Å². The minimum Gasteiger partial charge on any atom is -0.496 e. The maximum atomic E-state index is 9.03. The topological polar surface area (TPSA) is 51.5 Å². The molecule has 2 aliphatic heterocycles. The second-order valence-corrected chi connectivity index (χ2v) is 5.77. The molecular formula is C16H22N4O. The first kappa shape index (κ1) is 14.3. The molecule has 0 atom stereocenters. The third kappa shape index (κ3) is 3.18. The maximum Gasteiger partial charge on any atom is 0.123 e. The first-order valence-corrected chi connectivity index (χ1v) is 7.54. The van der Waals surface area contributed by atoms with Crippen molar-refractivity contribution in [2.45, 2.75) is 12.6 Å². The molecule has 0 aromatic heterocycles. The number of methoxy groups -OCH3 is 1. The van der Waals surface area contributed by atoms with Crippen LogP contribution in [-0.2, 0) is 6.54 Å². The van der Waals surface area contributed by atoms with Crippen LogP contribution in [0.25, 0.3) is 0 Å². The van der Waals surface area contributed by atoms with Gasteiger partial charge in [-0.2, -0.15) is 5.26 Å². The Hall–Kier alpha value is -1.61. The van der Waals surface area contributed by atoms with Gasteiger partial charge in [-0.25, -0.2) is 0 Å². The molecule has 1 N–H and O–H groups in total. The van der Waals surface area contributed by atoms with E-state index in [-0.39, 0.29) is 0 Å². The number of nitriles is 1. The van der Waals surface area contributed by atoms with Crippen molar-refractivity contribution in [1.29, 1.82) is 5.26 Å². The van der Waals surface area contributed by atoms with E-state index in [0.29, 0.717) is 11.6 Å². The van der Waals surface area contributed by atoms with Crippen molar-refractivity contribution in [3.63, 3.8) is 0 Å². The van der Waals surface area contributed by atoms with E-state index in [1.54, 1.807) is 7.11 Å². The Bertz CT molecular complexity index is 528. The minimum absolute atomic E-state index is 0.692. The predicted octanol–water partition coefficient (Wildman–Crippen LogP) is 0.656. The normalized spacial score (nSPS) is 20.8. The fourth-order valence-electron chi connectivity index (χ4n) is 3.16. The maximum absolute atomic E-state index is 9.03. The highest BCUT2D eigenvalue weighted by atomic mass is 16.5. The first-order chi connectivity index (χ1) is 10.3. The number of likely N-dealkylation sites (tertiary alicyclic amines) is 1. The van der Waals surface area contributed by atoms with Crippen molar-refractivity contribution in [2.24, 2.45) is 0 Å². The summed E-state index contributed by atoms with van der Waals surface area (Å²) in [6, 6.07) is 8.53. The van der Waals surface area contributed by atoms with Gasteiger partial charge in [0.2, 0.25) is 0 Å². The van der Waals surface area contributed by atoms with Crippen molar-refractivity contribution in [2.75, 3.05) is 46.4 Å². The molecule has 2 heterocycles. The van der Waals surface area contributed by atoms with Crippen LogP contribution >= 0.6 is 0 Å². The smallest absolute Gasteiger partial charge is 0.123 e. The largest absolute Gasteiger partial charge is 0.496 e. The number of rotatable bonds is 4. The molecule has 0 saturated carbocycles. The van der Waals surface area contributed by atoms with E-state index >= 15 is 0 Å². The Labute approximate surface area is 126 Å². The van der Waals surface area contributed by atoms with Crippen molar-refractivity contribution in [3.8, 4) is 11.8 Å². The van der Waals surface area contributed by atoms with Gasteiger partial charge in [-0.15, -0.1) is 0 Å². The number of hydrogen-bond acceptors (Lipinski definition) is 5. The Morgan fingerprint density at radius 1 is 1.33 bits per heavy atom. The van der Waals surface area contributed by atoms with Gasteiger partial charge in [0.1, 0.15) is 5.75 Å². The second kappa shape index (κ2) is 6.44. The SMILES string of the molecule is COc1ccc(C#N)cc1CN1CC(N2CCNCC2)C1. The third-order valence-corrected chi connectivity index (χ3v) is 4.41. The van der Waals surface area contributed by atoms with Gasteiger partial charge in [0.25, 0.3) is 0 Å². The van der Waals surface area contributed by atoms with Gasteiger partial charge in [0, 0.05) is 57.4 Å². The summed E-state index contributed by atoms with van der Waals surface area (Å²) in [6.07, 6.45) is 0. The van der Waals surface area contributed by atoms with Crippen LogP contribution in [0.1, 0.15) is 11.1 Å². The molecule has 0 aliphatic carbocycles. The monoisotopic (exact) mass is 286 g/mol. The molecule has 2 fully saturated rings. The number of hydrogen-bond donors (Lipinski definition) is 1. The summed E-state index contributed by atoms with van der Waals surface area (Å²) in [7, 11) is 1.69. The lowest BCUT2D eigenvalue weighted by Crippen LogP contribution is -2.62. The summed E-state index contributed by atoms with van der Waals surface area (Å²) in [4.78, 5) is 5.00. The molecule has 2 aliphatic rings. The molecule has 5 nitrogen and oxygen atoms in total. The molecule has 1 aromatic rings. The number of nitrogens with one attached hydrogen (secondary N) is 1. The van der Waals surface area contributed by atoms with E-state index in [0.717, 1.165) is 57.1 Å². The first-order valence-electron chi connectivity index (χ1n) is 7.54. The van der Waals surface area contributed by atoms with Crippen LogP contribution < -0.4 is 10.1 Å². The van der Waals surface area contributed by atoms with Crippen molar-refractivity contribution in [3.05, 3.63) is 29.3 Å². The number of ether oxygens (including phenoxy) is 1. The predicted molar refractivity (Wildman–Crippen MR) is 81.2 cm³/mol. The molecule has 0 unspecified atom stereocenters. The number of benzene rings is 1.